The molecule has 0 saturated heterocycles. The zero-order valence-corrected chi connectivity index (χ0v) is 9.87. The van der Waals surface area contributed by atoms with Crippen molar-refractivity contribution in [2.24, 2.45) is 7.05 Å². The first-order valence-electron chi connectivity index (χ1n) is 5.98. The van der Waals surface area contributed by atoms with Crippen LogP contribution < -0.4 is 0 Å². The van der Waals surface area contributed by atoms with Crippen LogP contribution in [0, 0.1) is 0 Å². The number of fused-ring (bicyclic) bond motifs is 1. The highest BCUT2D eigenvalue weighted by molar-refractivity contribution is 5.41. The lowest BCUT2D eigenvalue weighted by atomic mass is 9.73. The molecule has 1 aromatic heterocycles. The second-order valence-corrected chi connectivity index (χ2v) is 4.76. The van der Waals surface area contributed by atoms with Gasteiger partial charge in [0.1, 0.15) is 0 Å². The van der Waals surface area contributed by atoms with E-state index in [9.17, 15) is 5.11 Å². The average Bonchev–Trinajstić information content (AvgIpc) is 2.66. The van der Waals surface area contributed by atoms with Gasteiger partial charge in [0.05, 0.1) is 11.8 Å². The van der Waals surface area contributed by atoms with Gasteiger partial charge in [0.2, 0.25) is 0 Å². The van der Waals surface area contributed by atoms with Crippen LogP contribution in [-0.4, -0.2) is 21.0 Å². The van der Waals surface area contributed by atoms with E-state index >= 15 is 0 Å². The summed E-state index contributed by atoms with van der Waals surface area (Å²) in [6.45, 7) is 0. The van der Waals surface area contributed by atoms with Gasteiger partial charge in [-0.15, -0.1) is 0 Å². The van der Waals surface area contributed by atoms with Crippen LogP contribution in [0.25, 0.3) is 0 Å². The van der Waals surface area contributed by atoms with Crippen LogP contribution >= 0.6 is 0 Å². The number of hydrogen-bond acceptors (Lipinski definition) is 2. The molecule has 1 N–H and O–H groups in total. The van der Waals surface area contributed by atoms with Gasteiger partial charge in [0, 0.05) is 25.6 Å². The van der Waals surface area contributed by atoms with Crippen LogP contribution in [0.3, 0.4) is 0 Å². The molecule has 2 aromatic rings. The fourth-order valence-corrected chi connectivity index (χ4v) is 2.57. The van der Waals surface area contributed by atoms with E-state index in [1.165, 1.54) is 11.1 Å². The summed E-state index contributed by atoms with van der Waals surface area (Å²) in [5.41, 5.74) is 3.64. The maximum atomic E-state index is 10.2. The Morgan fingerprint density at radius 3 is 2.94 bits per heavy atom. The van der Waals surface area contributed by atoms with Crippen molar-refractivity contribution in [3.8, 4) is 0 Å². The number of aryl methyl sites for hydroxylation is 1. The van der Waals surface area contributed by atoms with Crippen LogP contribution in [0.5, 0.6) is 0 Å². The molecular formula is C14H16N2O. The van der Waals surface area contributed by atoms with Crippen LogP contribution in [0.2, 0.25) is 0 Å². The van der Waals surface area contributed by atoms with E-state index in [1.807, 2.05) is 25.4 Å². The van der Waals surface area contributed by atoms with Gasteiger partial charge in [-0.2, -0.15) is 5.10 Å². The topological polar surface area (TPSA) is 38.0 Å². The summed E-state index contributed by atoms with van der Waals surface area (Å²) in [6.07, 6.45) is 3.22. The van der Waals surface area contributed by atoms with E-state index < -0.39 is 0 Å². The Hall–Kier alpha value is -1.61. The van der Waals surface area contributed by atoms with Gasteiger partial charge >= 0.3 is 0 Å². The summed E-state index contributed by atoms with van der Waals surface area (Å²) < 4.78 is 1.77. The quantitative estimate of drug-likeness (QED) is 0.867. The van der Waals surface area contributed by atoms with Gasteiger partial charge in [-0.1, -0.05) is 24.3 Å². The molecule has 2 unspecified atom stereocenters. The molecule has 3 rings (SSSR count). The van der Waals surface area contributed by atoms with Crippen molar-refractivity contribution in [2.75, 3.05) is 0 Å². The minimum absolute atomic E-state index is 0.285. The van der Waals surface area contributed by atoms with E-state index in [1.54, 1.807) is 4.68 Å². The van der Waals surface area contributed by atoms with Crippen molar-refractivity contribution < 1.29 is 5.11 Å². The highest BCUT2D eigenvalue weighted by atomic mass is 16.3. The fourth-order valence-electron chi connectivity index (χ4n) is 2.57. The summed E-state index contributed by atoms with van der Waals surface area (Å²) in [5, 5.41) is 14.5. The SMILES string of the molecule is Cn1ccc(CC(O)C2Cc3ccccc32)n1. The molecule has 0 saturated carbocycles. The first-order chi connectivity index (χ1) is 8.24. The number of aliphatic hydroxyl groups excluding tert-OH is 1. The molecule has 0 radical (unpaired) electrons. The maximum absolute atomic E-state index is 10.2. The highest BCUT2D eigenvalue weighted by Crippen LogP contribution is 2.37. The zero-order valence-electron chi connectivity index (χ0n) is 9.87. The lowest BCUT2D eigenvalue weighted by molar-refractivity contribution is 0.132. The third kappa shape index (κ3) is 1.87. The number of aliphatic hydroxyl groups is 1. The van der Waals surface area contributed by atoms with Gasteiger partial charge in [-0.05, 0) is 23.6 Å². The number of aromatic nitrogens is 2. The molecule has 88 valence electrons. The number of benzene rings is 1. The van der Waals surface area contributed by atoms with Gasteiger partial charge < -0.3 is 5.11 Å². The van der Waals surface area contributed by atoms with Crippen molar-refractivity contribution in [3.05, 3.63) is 53.3 Å². The van der Waals surface area contributed by atoms with Gasteiger partial charge in [-0.25, -0.2) is 0 Å². The first-order valence-corrected chi connectivity index (χ1v) is 5.98. The number of nitrogens with zero attached hydrogens (tertiary/aromatic N) is 2. The van der Waals surface area contributed by atoms with Crippen molar-refractivity contribution >= 4 is 0 Å². The standard InChI is InChI=1S/C14H16N2O/c1-16-7-6-11(15-16)9-14(17)13-8-10-4-2-3-5-12(10)13/h2-7,13-14,17H,8-9H2,1H3. The van der Waals surface area contributed by atoms with Gasteiger partial charge in [-0.3, -0.25) is 4.68 Å². The van der Waals surface area contributed by atoms with Crippen molar-refractivity contribution in [2.45, 2.75) is 24.9 Å². The second kappa shape index (κ2) is 4.00. The fraction of sp³-hybridized carbons (Fsp3) is 0.357. The molecule has 0 aliphatic heterocycles. The predicted octanol–water partition coefficient (Wildman–Crippen LogP) is 1.66. The summed E-state index contributed by atoms with van der Waals surface area (Å²) in [7, 11) is 1.90. The molecule has 2 atom stereocenters. The first kappa shape index (κ1) is 10.5. The van der Waals surface area contributed by atoms with Gasteiger partial charge in [0.15, 0.2) is 0 Å². The Morgan fingerprint density at radius 2 is 2.24 bits per heavy atom. The second-order valence-electron chi connectivity index (χ2n) is 4.76. The molecule has 3 heteroatoms. The third-order valence-corrected chi connectivity index (χ3v) is 3.55. The molecule has 0 amide bonds. The van der Waals surface area contributed by atoms with Crippen LogP contribution in [0.15, 0.2) is 36.5 Å². The normalized spacial score (nSPS) is 19.5. The summed E-state index contributed by atoms with van der Waals surface area (Å²) in [4.78, 5) is 0. The van der Waals surface area contributed by atoms with Gasteiger partial charge in [0.25, 0.3) is 0 Å². The Labute approximate surface area is 101 Å². The number of rotatable bonds is 3. The maximum Gasteiger partial charge on any atom is 0.0668 e. The molecule has 0 fully saturated rings. The summed E-state index contributed by atoms with van der Waals surface area (Å²) in [5.74, 6) is 0.285. The Balaban J connectivity index is 1.71. The van der Waals surface area contributed by atoms with Crippen LogP contribution in [-0.2, 0) is 19.9 Å². The molecule has 0 bridgehead atoms. The van der Waals surface area contributed by atoms with Crippen molar-refractivity contribution in [3.63, 3.8) is 0 Å². The summed E-state index contributed by atoms with van der Waals surface area (Å²) in [6, 6.07) is 10.3. The molecule has 3 nitrogen and oxygen atoms in total. The predicted molar refractivity (Wildman–Crippen MR) is 65.8 cm³/mol. The molecule has 1 aliphatic carbocycles. The number of hydrogen-bond donors (Lipinski definition) is 1. The molecule has 17 heavy (non-hydrogen) atoms. The van der Waals surface area contributed by atoms with E-state index in [2.05, 4.69) is 23.3 Å². The van der Waals surface area contributed by atoms with E-state index in [0.29, 0.717) is 6.42 Å². The lowest BCUT2D eigenvalue weighted by Crippen LogP contribution is -2.30. The zero-order chi connectivity index (χ0) is 11.8. The Morgan fingerprint density at radius 1 is 1.41 bits per heavy atom. The molecule has 1 aliphatic rings. The molecular weight excluding hydrogens is 212 g/mol. The van der Waals surface area contributed by atoms with Crippen molar-refractivity contribution in [1.82, 2.24) is 9.78 Å². The highest BCUT2D eigenvalue weighted by Gasteiger charge is 2.31. The van der Waals surface area contributed by atoms with E-state index in [4.69, 9.17) is 0 Å². The largest absolute Gasteiger partial charge is 0.392 e. The minimum atomic E-state index is -0.320. The Kier molecular flexibility index (Phi) is 2.48. The minimum Gasteiger partial charge on any atom is -0.392 e. The lowest BCUT2D eigenvalue weighted by Gasteiger charge is -2.33. The molecule has 1 heterocycles. The average molecular weight is 228 g/mol. The van der Waals surface area contributed by atoms with E-state index in [0.717, 1.165) is 12.1 Å². The monoisotopic (exact) mass is 228 g/mol. The molecule has 0 spiro atoms. The summed E-state index contributed by atoms with van der Waals surface area (Å²) >= 11 is 0. The smallest absolute Gasteiger partial charge is 0.0668 e. The van der Waals surface area contributed by atoms with Crippen molar-refractivity contribution in [1.29, 1.82) is 0 Å². The molecule has 1 aromatic carbocycles. The van der Waals surface area contributed by atoms with Crippen LogP contribution in [0.4, 0.5) is 0 Å². The van der Waals surface area contributed by atoms with Crippen LogP contribution in [0.1, 0.15) is 22.7 Å². The third-order valence-electron chi connectivity index (χ3n) is 3.55. The van der Waals surface area contributed by atoms with E-state index in [-0.39, 0.29) is 12.0 Å². The Bertz CT molecular complexity index is 533.